The zero-order valence-electron chi connectivity index (χ0n) is 10.3. The van der Waals surface area contributed by atoms with Gasteiger partial charge in [-0.15, -0.1) is 0 Å². The molecule has 1 heterocycles. The first kappa shape index (κ1) is 11.6. The van der Waals surface area contributed by atoms with E-state index in [1.165, 1.54) is 5.56 Å². The maximum atomic E-state index is 11.6. The summed E-state index contributed by atoms with van der Waals surface area (Å²) in [6.45, 7) is 5.58. The zero-order valence-corrected chi connectivity index (χ0v) is 10.3. The molecule has 0 saturated heterocycles. The molecule has 0 fully saturated rings. The van der Waals surface area contributed by atoms with Crippen LogP contribution in [-0.4, -0.2) is 15.3 Å². The quantitative estimate of drug-likeness (QED) is 0.757. The normalized spacial score (nSPS) is 12.4. The fourth-order valence-corrected chi connectivity index (χ4v) is 2.08. The summed E-state index contributed by atoms with van der Waals surface area (Å²) in [5.74, 6) is 0.917. The standard InChI is InChI=1S/C14H16N2O/c1-10(13-7-5-4-6-8-13)16-12(3)15-9-14(16)11(2)17/h4-10H,1-3H3. The Balaban J connectivity index is 2.47. The Morgan fingerprint density at radius 3 is 2.53 bits per heavy atom. The first-order valence-electron chi connectivity index (χ1n) is 5.71. The Bertz CT molecular complexity index is 528. The van der Waals surface area contributed by atoms with Crippen LogP contribution in [0, 0.1) is 6.92 Å². The summed E-state index contributed by atoms with van der Waals surface area (Å²) in [7, 11) is 0. The van der Waals surface area contributed by atoms with E-state index < -0.39 is 0 Å². The smallest absolute Gasteiger partial charge is 0.177 e. The third-order valence-corrected chi connectivity index (χ3v) is 3.01. The number of aromatic nitrogens is 2. The number of imidazole rings is 1. The van der Waals surface area contributed by atoms with Crippen LogP contribution in [0.5, 0.6) is 0 Å². The number of ketones is 1. The highest BCUT2D eigenvalue weighted by Crippen LogP contribution is 2.21. The van der Waals surface area contributed by atoms with Gasteiger partial charge in [-0.25, -0.2) is 4.98 Å². The first-order chi connectivity index (χ1) is 8.11. The molecular formula is C14H16N2O. The number of benzene rings is 1. The molecule has 0 saturated carbocycles. The van der Waals surface area contributed by atoms with Crippen molar-refractivity contribution < 1.29 is 4.79 Å². The Kier molecular flexibility index (Phi) is 3.09. The summed E-state index contributed by atoms with van der Waals surface area (Å²) in [5.41, 5.74) is 1.84. The van der Waals surface area contributed by atoms with Crippen LogP contribution in [0.1, 0.15) is 41.8 Å². The SMILES string of the molecule is CC(=O)c1cnc(C)n1C(C)c1ccccc1. The molecule has 1 aromatic carbocycles. The van der Waals surface area contributed by atoms with Crippen LogP contribution in [0.15, 0.2) is 36.5 Å². The van der Waals surface area contributed by atoms with Gasteiger partial charge in [-0.3, -0.25) is 4.79 Å². The van der Waals surface area contributed by atoms with Gasteiger partial charge in [-0.2, -0.15) is 0 Å². The van der Waals surface area contributed by atoms with Crippen LogP contribution >= 0.6 is 0 Å². The molecule has 17 heavy (non-hydrogen) atoms. The van der Waals surface area contributed by atoms with Crippen molar-refractivity contribution >= 4 is 5.78 Å². The molecule has 2 aromatic rings. The van der Waals surface area contributed by atoms with E-state index in [9.17, 15) is 4.79 Å². The number of carbonyl (C=O) groups excluding carboxylic acids is 1. The van der Waals surface area contributed by atoms with Crippen molar-refractivity contribution in [2.24, 2.45) is 0 Å². The lowest BCUT2D eigenvalue weighted by atomic mass is 10.1. The average Bonchev–Trinajstić information content (AvgIpc) is 2.71. The molecule has 0 aliphatic heterocycles. The fraction of sp³-hybridized carbons (Fsp3) is 0.286. The van der Waals surface area contributed by atoms with Gasteiger partial charge in [0.25, 0.3) is 0 Å². The van der Waals surface area contributed by atoms with Crippen LogP contribution in [-0.2, 0) is 0 Å². The molecule has 0 aliphatic rings. The lowest BCUT2D eigenvalue weighted by molar-refractivity contribution is 0.100. The van der Waals surface area contributed by atoms with Crippen molar-refractivity contribution in [1.82, 2.24) is 9.55 Å². The second kappa shape index (κ2) is 4.53. The maximum Gasteiger partial charge on any atom is 0.177 e. The summed E-state index contributed by atoms with van der Waals surface area (Å²) in [6, 6.07) is 10.2. The van der Waals surface area contributed by atoms with Crippen molar-refractivity contribution in [3.05, 3.63) is 53.6 Å². The molecule has 88 valence electrons. The molecule has 1 unspecified atom stereocenters. The zero-order chi connectivity index (χ0) is 12.4. The van der Waals surface area contributed by atoms with Gasteiger partial charge in [0, 0.05) is 6.92 Å². The number of rotatable bonds is 3. The van der Waals surface area contributed by atoms with Gasteiger partial charge in [0.2, 0.25) is 0 Å². The number of carbonyl (C=O) groups is 1. The Morgan fingerprint density at radius 1 is 1.29 bits per heavy atom. The van der Waals surface area contributed by atoms with Gasteiger partial charge in [-0.1, -0.05) is 30.3 Å². The summed E-state index contributed by atoms with van der Waals surface area (Å²) in [6.07, 6.45) is 1.65. The van der Waals surface area contributed by atoms with Gasteiger partial charge in [0.15, 0.2) is 5.78 Å². The minimum absolute atomic E-state index is 0.0494. The Labute approximate surface area is 101 Å². The molecule has 3 heteroatoms. The third kappa shape index (κ3) is 2.13. The van der Waals surface area contributed by atoms with E-state index in [0.29, 0.717) is 5.69 Å². The van der Waals surface area contributed by atoms with Gasteiger partial charge in [-0.05, 0) is 19.4 Å². The van der Waals surface area contributed by atoms with Crippen LogP contribution < -0.4 is 0 Å². The van der Waals surface area contributed by atoms with Crippen LogP contribution in [0.2, 0.25) is 0 Å². The van der Waals surface area contributed by atoms with Gasteiger partial charge in [0.05, 0.1) is 12.2 Å². The maximum absolute atomic E-state index is 11.6. The minimum atomic E-state index is 0.0494. The highest BCUT2D eigenvalue weighted by molar-refractivity contribution is 5.92. The second-order valence-corrected chi connectivity index (χ2v) is 4.20. The summed E-state index contributed by atoms with van der Waals surface area (Å²) in [5, 5.41) is 0. The monoisotopic (exact) mass is 228 g/mol. The predicted octanol–water partition coefficient (Wildman–Crippen LogP) is 3.00. The molecule has 1 atom stereocenters. The highest BCUT2D eigenvalue weighted by Gasteiger charge is 2.16. The third-order valence-electron chi connectivity index (χ3n) is 3.01. The van der Waals surface area contributed by atoms with Gasteiger partial charge < -0.3 is 4.57 Å². The summed E-state index contributed by atoms with van der Waals surface area (Å²) < 4.78 is 1.98. The van der Waals surface area contributed by atoms with E-state index in [0.717, 1.165) is 5.82 Å². The first-order valence-corrected chi connectivity index (χ1v) is 5.71. The number of nitrogens with zero attached hydrogens (tertiary/aromatic N) is 2. The molecule has 0 radical (unpaired) electrons. The van der Waals surface area contributed by atoms with E-state index in [4.69, 9.17) is 0 Å². The van der Waals surface area contributed by atoms with Crippen molar-refractivity contribution in [3.8, 4) is 0 Å². The molecule has 2 rings (SSSR count). The Morgan fingerprint density at radius 2 is 1.94 bits per heavy atom. The molecular weight excluding hydrogens is 212 g/mol. The van der Waals surface area contributed by atoms with E-state index in [1.807, 2.05) is 29.7 Å². The summed E-state index contributed by atoms with van der Waals surface area (Å²) in [4.78, 5) is 15.8. The van der Waals surface area contributed by atoms with Crippen molar-refractivity contribution in [1.29, 1.82) is 0 Å². The molecule has 0 aliphatic carbocycles. The van der Waals surface area contributed by atoms with Crippen LogP contribution in [0.4, 0.5) is 0 Å². The molecule has 0 N–H and O–H groups in total. The van der Waals surface area contributed by atoms with Crippen molar-refractivity contribution in [3.63, 3.8) is 0 Å². The molecule has 0 bridgehead atoms. The van der Waals surface area contributed by atoms with Crippen LogP contribution in [0.3, 0.4) is 0 Å². The Hall–Kier alpha value is -1.90. The average molecular weight is 228 g/mol. The predicted molar refractivity (Wildman–Crippen MR) is 67.2 cm³/mol. The van der Waals surface area contributed by atoms with E-state index in [2.05, 4.69) is 24.0 Å². The molecule has 0 spiro atoms. The lowest BCUT2D eigenvalue weighted by Crippen LogP contribution is -2.14. The van der Waals surface area contributed by atoms with Crippen molar-refractivity contribution in [2.75, 3.05) is 0 Å². The van der Waals surface area contributed by atoms with Crippen molar-refractivity contribution in [2.45, 2.75) is 26.8 Å². The lowest BCUT2D eigenvalue weighted by Gasteiger charge is -2.17. The summed E-state index contributed by atoms with van der Waals surface area (Å²) >= 11 is 0. The minimum Gasteiger partial charge on any atom is -0.318 e. The topological polar surface area (TPSA) is 34.9 Å². The second-order valence-electron chi connectivity index (χ2n) is 4.20. The highest BCUT2D eigenvalue weighted by atomic mass is 16.1. The van der Waals surface area contributed by atoms with Gasteiger partial charge >= 0.3 is 0 Å². The number of hydrogen-bond donors (Lipinski definition) is 0. The molecule has 0 amide bonds. The van der Waals surface area contributed by atoms with E-state index in [1.54, 1.807) is 13.1 Å². The van der Waals surface area contributed by atoms with E-state index in [-0.39, 0.29) is 11.8 Å². The largest absolute Gasteiger partial charge is 0.318 e. The molecule has 3 nitrogen and oxygen atoms in total. The number of aryl methyl sites for hydroxylation is 1. The van der Waals surface area contributed by atoms with Crippen LogP contribution in [0.25, 0.3) is 0 Å². The number of Topliss-reactive ketones (excluding diaryl/α,β-unsaturated/α-hetero) is 1. The van der Waals surface area contributed by atoms with E-state index >= 15 is 0 Å². The molecule has 1 aromatic heterocycles. The fourth-order valence-electron chi connectivity index (χ4n) is 2.08. The van der Waals surface area contributed by atoms with Gasteiger partial charge in [0.1, 0.15) is 11.5 Å². The number of hydrogen-bond acceptors (Lipinski definition) is 2.